The Labute approximate surface area is 175 Å². The van der Waals surface area contributed by atoms with E-state index in [9.17, 15) is 4.79 Å². The number of ether oxygens (including phenoxy) is 1. The highest BCUT2D eigenvalue weighted by molar-refractivity contribution is 5.94. The first kappa shape index (κ1) is 21.4. The molecule has 0 saturated carbocycles. The van der Waals surface area contributed by atoms with Gasteiger partial charge in [0.05, 0.1) is 7.11 Å². The number of hydrogen-bond donors (Lipinski definition) is 0. The molecule has 1 saturated heterocycles. The average Bonchev–Trinajstić information content (AvgIpc) is 3.19. The highest BCUT2D eigenvalue weighted by atomic mass is 16.5. The second-order valence-electron chi connectivity index (χ2n) is 8.20. The maximum absolute atomic E-state index is 13.2. The molecule has 1 atom stereocenters. The normalized spacial score (nSPS) is 16.6. The molecule has 1 amide bonds. The summed E-state index contributed by atoms with van der Waals surface area (Å²) in [4.78, 5) is 17.6. The molecule has 0 N–H and O–H groups in total. The van der Waals surface area contributed by atoms with E-state index >= 15 is 0 Å². The Morgan fingerprint density at radius 3 is 2.59 bits per heavy atom. The Bertz CT molecular complexity index is 801. The molecule has 29 heavy (non-hydrogen) atoms. The van der Waals surface area contributed by atoms with E-state index in [-0.39, 0.29) is 11.9 Å². The fourth-order valence-electron chi connectivity index (χ4n) is 4.20. The summed E-state index contributed by atoms with van der Waals surface area (Å²) in [5.41, 5.74) is 3.27. The molecule has 0 spiro atoms. The third-order valence-electron chi connectivity index (χ3n) is 5.97. The highest BCUT2D eigenvalue weighted by Crippen LogP contribution is 2.25. The molecule has 1 aliphatic rings. The number of nitrogens with zero attached hydrogens (tertiary/aromatic N) is 2. The van der Waals surface area contributed by atoms with Crippen molar-refractivity contribution in [3.05, 3.63) is 65.2 Å². The van der Waals surface area contributed by atoms with Gasteiger partial charge in [0, 0.05) is 30.7 Å². The first-order chi connectivity index (χ1) is 14.0. The van der Waals surface area contributed by atoms with E-state index in [1.165, 1.54) is 11.1 Å². The predicted molar refractivity (Wildman–Crippen MR) is 118 cm³/mol. The van der Waals surface area contributed by atoms with Crippen molar-refractivity contribution >= 4 is 5.91 Å². The maximum Gasteiger partial charge on any atom is 0.254 e. The van der Waals surface area contributed by atoms with Crippen LogP contribution in [-0.2, 0) is 13.0 Å². The van der Waals surface area contributed by atoms with Gasteiger partial charge in [0.2, 0.25) is 0 Å². The lowest BCUT2D eigenvalue weighted by Crippen LogP contribution is -2.36. The number of amides is 1. The molecule has 1 unspecified atom stereocenters. The largest absolute Gasteiger partial charge is 0.497 e. The van der Waals surface area contributed by atoms with Crippen molar-refractivity contribution in [3.8, 4) is 5.75 Å². The third kappa shape index (κ3) is 5.39. The van der Waals surface area contributed by atoms with E-state index in [1.807, 2.05) is 24.3 Å². The third-order valence-corrected chi connectivity index (χ3v) is 5.97. The molecule has 1 heterocycles. The van der Waals surface area contributed by atoms with E-state index in [0.29, 0.717) is 6.04 Å². The molecule has 0 radical (unpaired) electrons. The topological polar surface area (TPSA) is 32.8 Å². The fraction of sp³-hybridized carbons (Fsp3) is 0.480. The van der Waals surface area contributed by atoms with Gasteiger partial charge in [0.1, 0.15) is 5.75 Å². The smallest absolute Gasteiger partial charge is 0.254 e. The van der Waals surface area contributed by atoms with Gasteiger partial charge in [-0.05, 0) is 75.0 Å². The summed E-state index contributed by atoms with van der Waals surface area (Å²) < 4.78 is 5.34. The van der Waals surface area contributed by atoms with Gasteiger partial charge in [-0.2, -0.15) is 0 Å². The van der Waals surface area contributed by atoms with Gasteiger partial charge in [-0.15, -0.1) is 0 Å². The van der Waals surface area contributed by atoms with Crippen LogP contribution < -0.4 is 4.74 Å². The molecule has 1 aliphatic heterocycles. The van der Waals surface area contributed by atoms with Gasteiger partial charge < -0.3 is 9.64 Å². The molecule has 4 heteroatoms. The zero-order valence-corrected chi connectivity index (χ0v) is 18.2. The fourth-order valence-corrected chi connectivity index (χ4v) is 4.20. The summed E-state index contributed by atoms with van der Waals surface area (Å²) in [6, 6.07) is 17.1. The summed E-state index contributed by atoms with van der Waals surface area (Å²) in [6.07, 6.45) is 3.00. The van der Waals surface area contributed by atoms with E-state index in [1.54, 1.807) is 7.11 Å². The van der Waals surface area contributed by atoms with Gasteiger partial charge in [-0.25, -0.2) is 0 Å². The molecule has 2 aromatic rings. The minimum Gasteiger partial charge on any atom is -0.497 e. The number of carbonyl (C=O) groups excluding carboxylic acids is 1. The molecule has 0 aliphatic carbocycles. The van der Waals surface area contributed by atoms with Crippen molar-refractivity contribution in [1.29, 1.82) is 0 Å². The number of rotatable bonds is 8. The summed E-state index contributed by atoms with van der Waals surface area (Å²) in [5.74, 6) is 1.02. The van der Waals surface area contributed by atoms with Gasteiger partial charge in [-0.3, -0.25) is 9.69 Å². The van der Waals surface area contributed by atoms with Gasteiger partial charge in [0.15, 0.2) is 0 Å². The van der Waals surface area contributed by atoms with E-state index < -0.39 is 0 Å². The Hall–Kier alpha value is -2.33. The molecular formula is C25H34N2O2. The summed E-state index contributed by atoms with van der Waals surface area (Å²) >= 11 is 0. The van der Waals surface area contributed by atoms with E-state index in [0.717, 1.165) is 50.2 Å². The van der Waals surface area contributed by atoms with Crippen molar-refractivity contribution in [3.63, 3.8) is 0 Å². The molecule has 1 fully saturated rings. The number of hydrogen-bond acceptors (Lipinski definition) is 3. The van der Waals surface area contributed by atoms with Crippen LogP contribution in [0.4, 0.5) is 0 Å². The van der Waals surface area contributed by atoms with E-state index in [2.05, 4.69) is 54.8 Å². The van der Waals surface area contributed by atoms with Crippen LogP contribution in [0.1, 0.15) is 55.1 Å². The van der Waals surface area contributed by atoms with Gasteiger partial charge in [0.25, 0.3) is 5.91 Å². The van der Waals surface area contributed by atoms with Crippen LogP contribution in [0.15, 0.2) is 48.5 Å². The molecule has 4 nitrogen and oxygen atoms in total. The Kier molecular flexibility index (Phi) is 7.32. The zero-order valence-electron chi connectivity index (χ0n) is 18.2. The van der Waals surface area contributed by atoms with Crippen LogP contribution in [-0.4, -0.2) is 48.0 Å². The molecule has 0 bridgehead atoms. The van der Waals surface area contributed by atoms with E-state index in [4.69, 9.17) is 4.74 Å². The quantitative estimate of drug-likeness (QED) is 0.646. The Balaban J connectivity index is 1.66. The summed E-state index contributed by atoms with van der Waals surface area (Å²) in [5, 5.41) is 0. The summed E-state index contributed by atoms with van der Waals surface area (Å²) in [7, 11) is 1.69. The average molecular weight is 395 g/mol. The molecule has 2 aromatic carbocycles. The Morgan fingerprint density at radius 2 is 1.93 bits per heavy atom. The van der Waals surface area contributed by atoms with Crippen molar-refractivity contribution in [2.24, 2.45) is 0 Å². The second-order valence-corrected chi connectivity index (χ2v) is 8.20. The van der Waals surface area contributed by atoms with Crippen LogP contribution in [0.2, 0.25) is 0 Å². The summed E-state index contributed by atoms with van der Waals surface area (Å²) in [6.45, 7) is 9.41. The van der Waals surface area contributed by atoms with Crippen LogP contribution >= 0.6 is 0 Å². The number of methoxy groups -OCH3 is 1. The SMILES string of the molecule is CCN(Cc1ccc(C(=O)N2CCCC2Cc2cccc(OC)c2)cc1)C(C)C. The molecular weight excluding hydrogens is 360 g/mol. The first-order valence-corrected chi connectivity index (χ1v) is 10.8. The van der Waals surface area contributed by atoms with Crippen LogP contribution in [0.25, 0.3) is 0 Å². The lowest BCUT2D eigenvalue weighted by atomic mass is 10.0. The Morgan fingerprint density at radius 1 is 1.17 bits per heavy atom. The van der Waals surface area contributed by atoms with Crippen LogP contribution in [0.3, 0.4) is 0 Å². The first-order valence-electron chi connectivity index (χ1n) is 10.8. The lowest BCUT2D eigenvalue weighted by Gasteiger charge is -2.26. The monoisotopic (exact) mass is 394 g/mol. The van der Waals surface area contributed by atoms with Crippen molar-refractivity contribution in [2.45, 2.75) is 58.7 Å². The second kappa shape index (κ2) is 9.93. The minimum absolute atomic E-state index is 0.151. The van der Waals surface area contributed by atoms with Gasteiger partial charge in [-0.1, -0.05) is 31.2 Å². The molecule has 0 aromatic heterocycles. The van der Waals surface area contributed by atoms with Crippen molar-refractivity contribution in [1.82, 2.24) is 9.80 Å². The van der Waals surface area contributed by atoms with Crippen LogP contribution in [0.5, 0.6) is 5.75 Å². The van der Waals surface area contributed by atoms with Crippen LogP contribution in [0, 0.1) is 0 Å². The molecule has 3 rings (SSSR count). The maximum atomic E-state index is 13.2. The lowest BCUT2D eigenvalue weighted by molar-refractivity contribution is 0.0736. The van der Waals surface area contributed by atoms with Crippen molar-refractivity contribution in [2.75, 3.05) is 20.2 Å². The molecule has 156 valence electrons. The zero-order chi connectivity index (χ0) is 20.8. The highest BCUT2D eigenvalue weighted by Gasteiger charge is 2.29. The number of benzene rings is 2. The predicted octanol–water partition coefficient (Wildman–Crippen LogP) is 4.77. The number of likely N-dealkylation sites (tertiary alicyclic amines) is 1. The van der Waals surface area contributed by atoms with Gasteiger partial charge >= 0.3 is 0 Å². The number of carbonyl (C=O) groups is 1. The minimum atomic E-state index is 0.151. The van der Waals surface area contributed by atoms with Crippen molar-refractivity contribution < 1.29 is 9.53 Å². The standard InChI is InChI=1S/C25H34N2O2/c1-5-26(19(2)3)18-20-11-13-22(14-12-20)25(28)27-15-7-9-23(27)16-21-8-6-10-24(17-21)29-4/h6,8,10-14,17,19,23H,5,7,9,15-16,18H2,1-4H3.